The molecular weight excluding hydrogens is 299 g/mol. The van der Waals surface area contributed by atoms with E-state index in [4.69, 9.17) is 4.74 Å². The Morgan fingerprint density at radius 1 is 0.913 bits per heavy atom. The van der Waals surface area contributed by atoms with Crippen LogP contribution in [0.3, 0.4) is 0 Å². The maximum Gasteiger partial charge on any atom is 0.338 e. The van der Waals surface area contributed by atoms with Gasteiger partial charge in [0.15, 0.2) is 0 Å². The van der Waals surface area contributed by atoms with Crippen molar-refractivity contribution < 1.29 is 23.5 Å². The van der Waals surface area contributed by atoms with Crippen molar-refractivity contribution in [2.24, 2.45) is 0 Å². The van der Waals surface area contributed by atoms with Gasteiger partial charge in [0.25, 0.3) is 0 Å². The molecule has 23 heavy (non-hydrogen) atoms. The van der Waals surface area contributed by atoms with E-state index in [2.05, 4.69) is 4.74 Å². The molecule has 0 aliphatic carbocycles. The SMILES string of the molecule is COC(=O)c1ccc(CCc2ccc(F)cc2)c(C(=O)OC)c1. The van der Waals surface area contributed by atoms with Gasteiger partial charge in [0, 0.05) is 0 Å². The second-order valence-corrected chi connectivity index (χ2v) is 4.98. The summed E-state index contributed by atoms with van der Waals surface area (Å²) in [4.78, 5) is 23.5. The number of ether oxygens (including phenoxy) is 2. The number of hydrogen-bond acceptors (Lipinski definition) is 4. The molecule has 0 amide bonds. The van der Waals surface area contributed by atoms with Gasteiger partial charge < -0.3 is 9.47 Å². The van der Waals surface area contributed by atoms with Crippen molar-refractivity contribution in [1.82, 2.24) is 0 Å². The molecule has 0 saturated carbocycles. The van der Waals surface area contributed by atoms with Crippen LogP contribution in [0.15, 0.2) is 42.5 Å². The molecular formula is C18H17FO4. The van der Waals surface area contributed by atoms with Gasteiger partial charge >= 0.3 is 11.9 Å². The summed E-state index contributed by atoms with van der Waals surface area (Å²) in [5.41, 5.74) is 2.34. The first-order chi connectivity index (χ1) is 11.0. The molecule has 2 rings (SSSR count). The molecule has 0 N–H and O–H groups in total. The van der Waals surface area contributed by atoms with Gasteiger partial charge in [0.2, 0.25) is 0 Å². The molecule has 4 nitrogen and oxygen atoms in total. The van der Waals surface area contributed by atoms with Crippen LogP contribution >= 0.6 is 0 Å². The standard InChI is InChI=1S/C18H17FO4/c1-22-17(20)14-8-7-13(16(11-14)18(21)23-2)6-3-12-4-9-15(19)10-5-12/h4-5,7-11H,3,6H2,1-2H3. The number of aryl methyl sites for hydroxylation is 2. The predicted octanol–water partition coefficient (Wildman–Crippen LogP) is 3.18. The molecule has 0 heterocycles. The summed E-state index contributed by atoms with van der Waals surface area (Å²) in [5.74, 6) is -1.31. The largest absolute Gasteiger partial charge is 0.465 e. The Kier molecular flexibility index (Phi) is 5.46. The summed E-state index contributed by atoms with van der Waals surface area (Å²) in [6.07, 6.45) is 1.21. The van der Waals surface area contributed by atoms with Crippen LogP contribution in [0, 0.1) is 5.82 Å². The van der Waals surface area contributed by atoms with Crippen LogP contribution in [0.25, 0.3) is 0 Å². The van der Waals surface area contributed by atoms with Crippen molar-refractivity contribution in [1.29, 1.82) is 0 Å². The summed E-state index contributed by atoms with van der Waals surface area (Å²) in [6, 6.07) is 11.0. The lowest BCUT2D eigenvalue weighted by molar-refractivity contribution is 0.0598. The minimum Gasteiger partial charge on any atom is -0.465 e. The summed E-state index contributed by atoms with van der Waals surface area (Å²) in [6.45, 7) is 0. The fourth-order valence-corrected chi connectivity index (χ4v) is 2.27. The second-order valence-electron chi connectivity index (χ2n) is 4.98. The first kappa shape index (κ1) is 16.7. The van der Waals surface area contributed by atoms with Crippen molar-refractivity contribution in [3.63, 3.8) is 0 Å². The Balaban J connectivity index is 2.24. The Morgan fingerprint density at radius 2 is 1.57 bits per heavy atom. The predicted molar refractivity (Wildman–Crippen MR) is 82.9 cm³/mol. The van der Waals surface area contributed by atoms with Crippen molar-refractivity contribution in [2.75, 3.05) is 14.2 Å². The normalized spacial score (nSPS) is 10.2. The minimum atomic E-state index is -0.514. The highest BCUT2D eigenvalue weighted by atomic mass is 19.1. The fraction of sp³-hybridized carbons (Fsp3) is 0.222. The third-order valence-electron chi connectivity index (χ3n) is 3.53. The Bertz CT molecular complexity index is 707. The van der Waals surface area contributed by atoms with Crippen LogP contribution in [0.5, 0.6) is 0 Å². The number of esters is 2. The number of carbonyl (C=O) groups is 2. The van der Waals surface area contributed by atoms with Crippen LogP contribution in [-0.4, -0.2) is 26.2 Å². The first-order valence-electron chi connectivity index (χ1n) is 7.09. The van der Waals surface area contributed by atoms with Gasteiger partial charge in [-0.2, -0.15) is 0 Å². The maximum atomic E-state index is 12.9. The number of carbonyl (C=O) groups excluding carboxylic acids is 2. The molecule has 0 aliphatic rings. The molecule has 0 aliphatic heterocycles. The molecule has 2 aromatic carbocycles. The number of hydrogen-bond donors (Lipinski definition) is 0. The first-order valence-corrected chi connectivity index (χ1v) is 7.09. The summed E-state index contributed by atoms with van der Waals surface area (Å²) in [5, 5.41) is 0. The van der Waals surface area contributed by atoms with Gasteiger partial charge in [0.1, 0.15) is 5.82 Å². The van der Waals surface area contributed by atoms with Crippen molar-refractivity contribution >= 4 is 11.9 Å². The maximum absolute atomic E-state index is 12.9. The molecule has 0 bridgehead atoms. The molecule has 0 spiro atoms. The van der Waals surface area contributed by atoms with E-state index in [0.29, 0.717) is 24.0 Å². The van der Waals surface area contributed by atoms with E-state index in [9.17, 15) is 14.0 Å². The van der Waals surface area contributed by atoms with Crippen molar-refractivity contribution in [2.45, 2.75) is 12.8 Å². The van der Waals surface area contributed by atoms with Gasteiger partial charge in [-0.05, 0) is 48.2 Å². The zero-order chi connectivity index (χ0) is 16.8. The second kappa shape index (κ2) is 7.54. The third kappa shape index (κ3) is 4.16. The van der Waals surface area contributed by atoms with E-state index < -0.39 is 11.9 Å². The smallest absolute Gasteiger partial charge is 0.338 e. The third-order valence-corrected chi connectivity index (χ3v) is 3.53. The lowest BCUT2D eigenvalue weighted by atomic mass is 9.97. The average Bonchev–Trinajstić information content (AvgIpc) is 2.59. The van der Waals surface area contributed by atoms with Crippen LogP contribution in [-0.2, 0) is 22.3 Å². The van der Waals surface area contributed by atoms with Gasteiger partial charge in [-0.3, -0.25) is 0 Å². The molecule has 120 valence electrons. The molecule has 0 radical (unpaired) electrons. The minimum absolute atomic E-state index is 0.286. The van der Waals surface area contributed by atoms with Crippen LogP contribution in [0.2, 0.25) is 0 Å². The zero-order valence-electron chi connectivity index (χ0n) is 13.0. The van der Waals surface area contributed by atoms with E-state index in [0.717, 1.165) is 11.1 Å². The van der Waals surface area contributed by atoms with Crippen LogP contribution in [0.4, 0.5) is 4.39 Å². The molecule has 2 aromatic rings. The highest BCUT2D eigenvalue weighted by Crippen LogP contribution is 2.17. The number of halogens is 1. The molecule has 0 fully saturated rings. The van der Waals surface area contributed by atoms with Gasteiger partial charge in [0.05, 0.1) is 25.3 Å². The summed E-state index contributed by atoms with van der Waals surface area (Å²) < 4.78 is 22.3. The van der Waals surface area contributed by atoms with Gasteiger partial charge in [-0.25, -0.2) is 14.0 Å². The van der Waals surface area contributed by atoms with Gasteiger partial charge in [-0.15, -0.1) is 0 Å². The molecule has 0 atom stereocenters. The van der Waals surface area contributed by atoms with E-state index in [1.807, 2.05) is 0 Å². The highest BCUT2D eigenvalue weighted by Gasteiger charge is 2.16. The summed E-state index contributed by atoms with van der Waals surface area (Å²) >= 11 is 0. The Hall–Kier alpha value is -2.69. The summed E-state index contributed by atoms with van der Waals surface area (Å²) in [7, 11) is 2.57. The highest BCUT2D eigenvalue weighted by molar-refractivity contribution is 5.96. The Labute approximate surface area is 133 Å². The van der Waals surface area contributed by atoms with Crippen molar-refractivity contribution in [3.05, 3.63) is 70.5 Å². The lowest BCUT2D eigenvalue weighted by Gasteiger charge is -2.10. The molecule has 0 saturated heterocycles. The average molecular weight is 316 g/mol. The fourth-order valence-electron chi connectivity index (χ4n) is 2.27. The van der Waals surface area contributed by atoms with E-state index in [-0.39, 0.29) is 5.82 Å². The van der Waals surface area contributed by atoms with Crippen LogP contribution in [0.1, 0.15) is 31.8 Å². The van der Waals surface area contributed by atoms with E-state index >= 15 is 0 Å². The number of methoxy groups -OCH3 is 2. The molecule has 0 aromatic heterocycles. The Morgan fingerprint density at radius 3 is 2.17 bits per heavy atom. The quantitative estimate of drug-likeness (QED) is 0.795. The lowest BCUT2D eigenvalue weighted by Crippen LogP contribution is -2.10. The van der Waals surface area contributed by atoms with Gasteiger partial charge in [-0.1, -0.05) is 18.2 Å². The van der Waals surface area contributed by atoms with E-state index in [1.54, 1.807) is 24.3 Å². The molecule has 0 unspecified atom stereocenters. The zero-order valence-corrected chi connectivity index (χ0v) is 13.0. The number of rotatable bonds is 5. The molecule has 5 heteroatoms. The van der Waals surface area contributed by atoms with Crippen LogP contribution < -0.4 is 0 Å². The van der Waals surface area contributed by atoms with E-state index in [1.165, 1.54) is 32.4 Å². The van der Waals surface area contributed by atoms with Crippen molar-refractivity contribution in [3.8, 4) is 0 Å². The number of benzene rings is 2. The topological polar surface area (TPSA) is 52.6 Å². The monoisotopic (exact) mass is 316 g/mol.